The normalized spacial score (nSPS) is 14.1. The molecule has 0 aliphatic carbocycles. The maximum Gasteiger partial charge on any atom is 0.306 e. The summed E-state index contributed by atoms with van der Waals surface area (Å²) in [6.45, 7) is 16.8. The van der Waals surface area contributed by atoms with Gasteiger partial charge < -0.3 is 9.47 Å². The smallest absolute Gasteiger partial charge is 0.306 e. The van der Waals surface area contributed by atoms with Gasteiger partial charge in [-0.15, -0.1) is 0 Å². The second-order valence-electron chi connectivity index (χ2n) is 9.59. The van der Waals surface area contributed by atoms with Crippen molar-refractivity contribution in [2.45, 2.75) is 68.2 Å². The first-order chi connectivity index (χ1) is 11.6. The molecule has 0 aromatic rings. The van der Waals surface area contributed by atoms with Crippen LogP contribution in [-0.4, -0.2) is 26.2 Å². The summed E-state index contributed by atoms with van der Waals surface area (Å²) in [7, 11) is 2.83. The van der Waals surface area contributed by atoms with E-state index in [1.54, 1.807) is 0 Å². The van der Waals surface area contributed by atoms with Gasteiger partial charge in [0.05, 0.1) is 27.1 Å². The molecule has 0 heterocycles. The van der Waals surface area contributed by atoms with Gasteiger partial charge in [0.15, 0.2) is 0 Å². The first kappa shape index (κ1) is 24.4. The highest BCUT2D eigenvalue weighted by atomic mass is 16.5. The third-order valence-corrected chi connectivity index (χ3v) is 5.22. The molecule has 0 N–H and O–H groups in total. The molecule has 0 saturated heterocycles. The molecule has 0 atom stereocenters. The first-order valence-corrected chi connectivity index (χ1v) is 9.12. The average molecular weight is 367 g/mol. The van der Waals surface area contributed by atoms with Gasteiger partial charge in [0.1, 0.15) is 0 Å². The van der Waals surface area contributed by atoms with Gasteiger partial charge in [0.25, 0.3) is 0 Å². The molecule has 150 valence electrons. The maximum absolute atomic E-state index is 11.6. The Hall–Kier alpha value is -1.58. The van der Waals surface area contributed by atoms with Crippen LogP contribution in [0.5, 0.6) is 0 Å². The number of ether oxygens (including phenoxy) is 2. The van der Waals surface area contributed by atoms with E-state index < -0.39 is 0 Å². The Kier molecular flexibility index (Phi) is 8.34. The quantitative estimate of drug-likeness (QED) is 0.409. The molecule has 0 spiro atoms. The van der Waals surface area contributed by atoms with Crippen LogP contribution >= 0.6 is 0 Å². The summed E-state index contributed by atoms with van der Waals surface area (Å²) in [5.41, 5.74) is -0.820. The van der Waals surface area contributed by atoms with Gasteiger partial charge in [-0.25, -0.2) is 0 Å². The third kappa shape index (κ3) is 8.20. The van der Waals surface area contributed by atoms with Crippen LogP contribution in [0.1, 0.15) is 68.2 Å². The highest BCUT2D eigenvalue weighted by Crippen LogP contribution is 2.43. The summed E-state index contributed by atoms with van der Waals surface area (Å²) >= 11 is 0. The Morgan fingerprint density at radius 2 is 0.885 bits per heavy atom. The van der Waals surface area contributed by atoms with Crippen LogP contribution in [0.4, 0.5) is 0 Å². The molecule has 0 amide bonds. The fraction of sp³-hybridized carbons (Fsp3) is 0.727. The molecule has 4 heteroatoms. The van der Waals surface area contributed by atoms with Crippen LogP contribution in [-0.2, 0) is 19.1 Å². The predicted octanol–water partition coefficient (Wildman–Crippen LogP) is 5.33. The van der Waals surface area contributed by atoms with E-state index in [1.807, 2.05) is 27.7 Å². The Morgan fingerprint density at radius 3 is 1.12 bits per heavy atom. The number of methoxy groups -OCH3 is 2. The standard InChI is InChI=1S/C22H38O4/c1-19(2,15-17(23)25-9)11-13-21(5,6)22(7,8)14-12-20(3,4)16-18(24)26-10/h11-14H,15-16H2,1-10H3/b13-11+,14-12+. The largest absolute Gasteiger partial charge is 0.469 e. The van der Waals surface area contributed by atoms with Crippen molar-refractivity contribution in [3.05, 3.63) is 24.3 Å². The SMILES string of the molecule is COC(=O)CC(C)(C)/C=C/C(C)(C)C(C)(C)/C=C/C(C)(C)CC(=O)OC. The second-order valence-corrected chi connectivity index (χ2v) is 9.59. The lowest BCUT2D eigenvalue weighted by molar-refractivity contribution is -0.143. The molecule has 0 aromatic heterocycles. The van der Waals surface area contributed by atoms with Crippen molar-refractivity contribution in [1.82, 2.24) is 0 Å². The molecule has 0 radical (unpaired) electrons. The zero-order chi connectivity index (χ0) is 20.8. The zero-order valence-corrected chi connectivity index (χ0v) is 18.4. The fourth-order valence-corrected chi connectivity index (χ4v) is 2.30. The van der Waals surface area contributed by atoms with Gasteiger partial charge >= 0.3 is 11.9 Å². The van der Waals surface area contributed by atoms with Crippen molar-refractivity contribution in [2.24, 2.45) is 21.7 Å². The van der Waals surface area contributed by atoms with Crippen molar-refractivity contribution in [1.29, 1.82) is 0 Å². The van der Waals surface area contributed by atoms with E-state index in [-0.39, 0.29) is 33.6 Å². The van der Waals surface area contributed by atoms with E-state index in [1.165, 1.54) is 14.2 Å². The first-order valence-electron chi connectivity index (χ1n) is 9.12. The fourth-order valence-electron chi connectivity index (χ4n) is 2.30. The predicted molar refractivity (Wildman–Crippen MR) is 107 cm³/mol. The van der Waals surface area contributed by atoms with Crippen molar-refractivity contribution >= 4 is 11.9 Å². The Bertz CT molecular complexity index is 498. The topological polar surface area (TPSA) is 52.6 Å². The van der Waals surface area contributed by atoms with E-state index in [2.05, 4.69) is 52.0 Å². The molecule has 0 bridgehead atoms. The van der Waals surface area contributed by atoms with Crippen LogP contribution in [0.25, 0.3) is 0 Å². The summed E-state index contributed by atoms with van der Waals surface area (Å²) < 4.78 is 9.56. The van der Waals surface area contributed by atoms with Crippen molar-refractivity contribution in [2.75, 3.05) is 14.2 Å². The summed E-state index contributed by atoms with van der Waals surface area (Å²) in [5.74, 6) is -0.414. The Labute approximate surface area is 160 Å². The van der Waals surface area contributed by atoms with Crippen molar-refractivity contribution in [3.63, 3.8) is 0 Å². The monoisotopic (exact) mass is 366 g/mol. The number of carbonyl (C=O) groups excluding carboxylic acids is 2. The van der Waals surface area contributed by atoms with E-state index in [4.69, 9.17) is 9.47 Å². The van der Waals surface area contributed by atoms with Crippen LogP contribution in [0, 0.1) is 21.7 Å². The lowest BCUT2D eigenvalue weighted by Gasteiger charge is -2.39. The second kappa shape index (κ2) is 8.88. The van der Waals surface area contributed by atoms with Gasteiger partial charge in [0, 0.05) is 0 Å². The number of carbonyl (C=O) groups is 2. The molecule has 0 unspecified atom stereocenters. The molecular weight excluding hydrogens is 328 g/mol. The number of allylic oxidation sites excluding steroid dienone is 4. The van der Waals surface area contributed by atoms with E-state index in [0.717, 1.165) is 0 Å². The van der Waals surface area contributed by atoms with Crippen LogP contribution < -0.4 is 0 Å². The van der Waals surface area contributed by atoms with Gasteiger partial charge in [-0.3, -0.25) is 9.59 Å². The van der Waals surface area contributed by atoms with Gasteiger partial charge in [-0.1, -0.05) is 79.7 Å². The summed E-state index contributed by atoms with van der Waals surface area (Å²) in [6, 6.07) is 0. The molecule has 0 aromatic carbocycles. The van der Waals surface area contributed by atoms with Crippen LogP contribution in [0.15, 0.2) is 24.3 Å². The van der Waals surface area contributed by atoms with Gasteiger partial charge in [-0.05, 0) is 21.7 Å². The van der Waals surface area contributed by atoms with Crippen molar-refractivity contribution in [3.8, 4) is 0 Å². The van der Waals surface area contributed by atoms with E-state index in [0.29, 0.717) is 12.8 Å². The number of esters is 2. The molecule has 0 fully saturated rings. The molecule has 0 aliphatic heterocycles. The maximum atomic E-state index is 11.6. The van der Waals surface area contributed by atoms with E-state index >= 15 is 0 Å². The summed E-state index contributed by atoms with van der Waals surface area (Å²) in [6.07, 6.45) is 9.23. The molecule has 0 rings (SSSR count). The molecule has 0 aliphatic rings. The lowest BCUT2D eigenvalue weighted by atomic mass is 9.66. The molecule has 26 heavy (non-hydrogen) atoms. The number of rotatable bonds is 9. The highest BCUT2D eigenvalue weighted by molar-refractivity contribution is 5.70. The summed E-state index contributed by atoms with van der Waals surface area (Å²) in [4.78, 5) is 23.1. The average Bonchev–Trinajstić information content (AvgIpc) is 2.50. The van der Waals surface area contributed by atoms with Crippen LogP contribution in [0.2, 0.25) is 0 Å². The minimum atomic E-state index is -0.270. The summed E-state index contributed by atoms with van der Waals surface area (Å²) in [5, 5.41) is 0. The number of hydrogen-bond acceptors (Lipinski definition) is 4. The van der Waals surface area contributed by atoms with Gasteiger partial charge in [0.2, 0.25) is 0 Å². The van der Waals surface area contributed by atoms with Crippen LogP contribution in [0.3, 0.4) is 0 Å². The number of hydrogen-bond donors (Lipinski definition) is 0. The Morgan fingerprint density at radius 1 is 0.615 bits per heavy atom. The lowest BCUT2D eigenvalue weighted by Crippen LogP contribution is -2.30. The molecular formula is C22H38O4. The molecule has 0 saturated carbocycles. The molecule has 4 nitrogen and oxygen atoms in total. The highest BCUT2D eigenvalue weighted by Gasteiger charge is 2.34. The third-order valence-electron chi connectivity index (χ3n) is 5.22. The zero-order valence-electron chi connectivity index (χ0n) is 18.4. The van der Waals surface area contributed by atoms with E-state index in [9.17, 15) is 9.59 Å². The van der Waals surface area contributed by atoms with Gasteiger partial charge in [-0.2, -0.15) is 0 Å². The Balaban J connectivity index is 5.30. The minimum absolute atomic E-state index is 0.141. The van der Waals surface area contributed by atoms with Crippen molar-refractivity contribution < 1.29 is 19.1 Å². The minimum Gasteiger partial charge on any atom is -0.469 e.